The fraction of sp³-hybridized carbons (Fsp3) is 0.238. The molecule has 2 heterocycles. The number of hydrogen-bond acceptors (Lipinski definition) is 6. The molecule has 0 radical (unpaired) electrons. The predicted octanol–water partition coefficient (Wildman–Crippen LogP) is 3.31. The minimum atomic E-state index is -0.529. The van der Waals surface area contributed by atoms with Crippen LogP contribution >= 0.6 is 0 Å². The SMILES string of the molecule is CCCOc1c(OC)ccc2cc(C(=O)Nc3ccc4c(c3)OCO4)c(=O)[nH]c12. The number of nitrogens with one attached hydrogen (secondary N) is 2. The number of pyridine rings is 1. The maximum atomic E-state index is 12.7. The topological polar surface area (TPSA) is 98.9 Å². The average molecular weight is 396 g/mol. The van der Waals surface area contributed by atoms with Crippen molar-refractivity contribution in [2.45, 2.75) is 13.3 Å². The molecule has 1 amide bonds. The molecule has 8 nitrogen and oxygen atoms in total. The number of methoxy groups -OCH3 is 1. The lowest BCUT2D eigenvalue weighted by molar-refractivity contribution is 0.102. The minimum absolute atomic E-state index is 0.0122. The Labute approximate surface area is 166 Å². The summed E-state index contributed by atoms with van der Waals surface area (Å²) in [5.74, 6) is 1.59. The first kappa shape index (κ1) is 18.7. The molecular weight excluding hydrogens is 376 g/mol. The smallest absolute Gasteiger partial charge is 0.261 e. The second-order valence-corrected chi connectivity index (χ2v) is 6.44. The van der Waals surface area contributed by atoms with Crippen LogP contribution in [0, 0.1) is 0 Å². The third kappa shape index (κ3) is 3.56. The first-order valence-electron chi connectivity index (χ1n) is 9.18. The Hall–Kier alpha value is -3.68. The lowest BCUT2D eigenvalue weighted by atomic mass is 10.1. The number of ether oxygens (including phenoxy) is 4. The van der Waals surface area contributed by atoms with E-state index in [1.54, 1.807) is 30.3 Å². The van der Waals surface area contributed by atoms with Crippen LogP contribution in [-0.4, -0.2) is 31.4 Å². The highest BCUT2D eigenvalue weighted by Crippen LogP contribution is 2.35. The van der Waals surface area contributed by atoms with E-state index < -0.39 is 11.5 Å². The zero-order chi connectivity index (χ0) is 20.4. The molecule has 1 aliphatic heterocycles. The molecule has 0 saturated heterocycles. The monoisotopic (exact) mass is 396 g/mol. The van der Waals surface area contributed by atoms with E-state index in [1.165, 1.54) is 13.2 Å². The molecule has 0 bridgehead atoms. The highest BCUT2D eigenvalue weighted by Gasteiger charge is 2.18. The van der Waals surface area contributed by atoms with Crippen molar-refractivity contribution in [2.24, 2.45) is 0 Å². The van der Waals surface area contributed by atoms with Gasteiger partial charge in [-0.1, -0.05) is 6.92 Å². The Morgan fingerprint density at radius 1 is 1.17 bits per heavy atom. The summed E-state index contributed by atoms with van der Waals surface area (Å²) in [5, 5.41) is 3.37. The van der Waals surface area contributed by atoms with Crippen molar-refractivity contribution in [3.8, 4) is 23.0 Å². The Bertz CT molecular complexity index is 1140. The highest BCUT2D eigenvalue weighted by atomic mass is 16.7. The Balaban J connectivity index is 1.68. The van der Waals surface area contributed by atoms with E-state index >= 15 is 0 Å². The number of hydrogen-bond donors (Lipinski definition) is 2. The Morgan fingerprint density at radius 3 is 2.79 bits per heavy atom. The number of carbonyl (C=O) groups is 1. The molecule has 0 atom stereocenters. The van der Waals surface area contributed by atoms with Crippen LogP contribution in [0.5, 0.6) is 23.0 Å². The molecule has 0 fully saturated rings. The molecular formula is C21H20N2O6. The van der Waals surface area contributed by atoms with Gasteiger partial charge in [-0.05, 0) is 36.8 Å². The molecule has 3 aromatic rings. The van der Waals surface area contributed by atoms with Gasteiger partial charge in [-0.15, -0.1) is 0 Å². The molecule has 150 valence electrons. The van der Waals surface area contributed by atoms with Crippen LogP contribution in [0.4, 0.5) is 5.69 Å². The summed E-state index contributed by atoms with van der Waals surface area (Å²) < 4.78 is 21.7. The highest BCUT2D eigenvalue weighted by molar-refractivity contribution is 6.06. The fourth-order valence-electron chi connectivity index (χ4n) is 3.08. The normalized spacial score (nSPS) is 12.1. The molecule has 4 rings (SSSR count). The van der Waals surface area contributed by atoms with Crippen molar-refractivity contribution in [2.75, 3.05) is 25.8 Å². The number of benzene rings is 2. The van der Waals surface area contributed by atoms with E-state index in [0.717, 1.165) is 6.42 Å². The number of rotatable bonds is 6. The summed E-state index contributed by atoms with van der Waals surface area (Å²) in [6.45, 7) is 2.60. The van der Waals surface area contributed by atoms with Crippen molar-refractivity contribution >= 4 is 22.5 Å². The second kappa shape index (κ2) is 7.75. The van der Waals surface area contributed by atoms with Crippen molar-refractivity contribution in [1.29, 1.82) is 0 Å². The third-order valence-electron chi connectivity index (χ3n) is 4.48. The molecule has 0 unspecified atom stereocenters. The summed E-state index contributed by atoms with van der Waals surface area (Å²) in [7, 11) is 1.53. The van der Waals surface area contributed by atoms with Crippen LogP contribution in [0.3, 0.4) is 0 Å². The fourth-order valence-corrected chi connectivity index (χ4v) is 3.08. The molecule has 0 saturated carbocycles. The second-order valence-electron chi connectivity index (χ2n) is 6.44. The van der Waals surface area contributed by atoms with Crippen LogP contribution in [-0.2, 0) is 0 Å². The molecule has 0 spiro atoms. The number of anilines is 1. The minimum Gasteiger partial charge on any atom is -0.493 e. The number of fused-ring (bicyclic) bond motifs is 2. The number of amides is 1. The van der Waals surface area contributed by atoms with E-state index in [4.69, 9.17) is 18.9 Å². The van der Waals surface area contributed by atoms with Crippen molar-refractivity contribution < 1.29 is 23.7 Å². The van der Waals surface area contributed by atoms with Gasteiger partial charge < -0.3 is 29.2 Å². The van der Waals surface area contributed by atoms with E-state index in [0.29, 0.717) is 46.2 Å². The molecule has 1 aliphatic rings. The van der Waals surface area contributed by atoms with Crippen LogP contribution in [0.25, 0.3) is 10.9 Å². The lowest BCUT2D eigenvalue weighted by Crippen LogP contribution is -2.23. The Morgan fingerprint density at radius 2 is 2.00 bits per heavy atom. The standard InChI is InChI=1S/C21H20N2O6/c1-3-8-27-19-16(26-2)6-4-12-9-14(21(25)23-18(12)19)20(24)22-13-5-7-15-17(10-13)29-11-28-15/h4-7,9-10H,3,8,11H2,1-2H3,(H,22,24)(H,23,25). The summed E-state index contributed by atoms with van der Waals surface area (Å²) in [5.41, 5.74) is 0.454. The van der Waals surface area contributed by atoms with Crippen molar-refractivity contribution in [1.82, 2.24) is 4.98 Å². The van der Waals surface area contributed by atoms with E-state index in [1.807, 2.05) is 6.92 Å². The van der Waals surface area contributed by atoms with Gasteiger partial charge in [-0.25, -0.2) is 0 Å². The molecule has 1 aromatic heterocycles. The molecule has 2 N–H and O–H groups in total. The summed E-state index contributed by atoms with van der Waals surface area (Å²) in [6.07, 6.45) is 0.805. The number of carbonyl (C=O) groups excluding carboxylic acids is 1. The maximum Gasteiger partial charge on any atom is 0.261 e. The van der Waals surface area contributed by atoms with Gasteiger partial charge in [0, 0.05) is 17.1 Å². The van der Waals surface area contributed by atoms with Gasteiger partial charge in [0.05, 0.1) is 19.2 Å². The third-order valence-corrected chi connectivity index (χ3v) is 4.48. The largest absolute Gasteiger partial charge is 0.493 e. The number of aromatic nitrogens is 1. The van der Waals surface area contributed by atoms with Crippen LogP contribution in [0.15, 0.2) is 41.2 Å². The van der Waals surface area contributed by atoms with Gasteiger partial charge in [-0.2, -0.15) is 0 Å². The number of aromatic amines is 1. The molecule has 0 aliphatic carbocycles. The van der Waals surface area contributed by atoms with Gasteiger partial charge in [0.25, 0.3) is 11.5 Å². The van der Waals surface area contributed by atoms with Crippen LogP contribution < -0.4 is 29.8 Å². The first-order chi connectivity index (χ1) is 14.1. The van der Waals surface area contributed by atoms with Crippen molar-refractivity contribution in [3.63, 3.8) is 0 Å². The summed E-state index contributed by atoms with van der Waals surface area (Å²) in [4.78, 5) is 28.1. The van der Waals surface area contributed by atoms with E-state index in [9.17, 15) is 9.59 Å². The van der Waals surface area contributed by atoms with Gasteiger partial charge in [0.1, 0.15) is 5.56 Å². The molecule has 2 aromatic carbocycles. The van der Waals surface area contributed by atoms with Gasteiger partial charge in [0.15, 0.2) is 23.0 Å². The Kier molecular flexibility index (Phi) is 4.99. The zero-order valence-corrected chi connectivity index (χ0v) is 16.0. The predicted molar refractivity (Wildman–Crippen MR) is 107 cm³/mol. The van der Waals surface area contributed by atoms with Crippen molar-refractivity contribution in [3.05, 3.63) is 52.3 Å². The van der Waals surface area contributed by atoms with E-state index in [2.05, 4.69) is 10.3 Å². The molecule has 29 heavy (non-hydrogen) atoms. The lowest BCUT2D eigenvalue weighted by Gasteiger charge is -2.13. The van der Waals surface area contributed by atoms with Gasteiger partial charge >= 0.3 is 0 Å². The molecule has 8 heteroatoms. The average Bonchev–Trinajstić information content (AvgIpc) is 3.19. The maximum absolute atomic E-state index is 12.7. The van der Waals surface area contributed by atoms with Crippen LogP contribution in [0.1, 0.15) is 23.7 Å². The quantitative estimate of drug-likeness (QED) is 0.663. The number of H-pyrrole nitrogens is 1. The van der Waals surface area contributed by atoms with E-state index in [-0.39, 0.29) is 12.4 Å². The zero-order valence-electron chi connectivity index (χ0n) is 16.0. The van der Waals surface area contributed by atoms with Gasteiger partial charge in [-0.3, -0.25) is 9.59 Å². The first-order valence-corrected chi connectivity index (χ1v) is 9.18. The summed E-state index contributed by atoms with van der Waals surface area (Å²) in [6, 6.07) is 10.1. The van der Waals surface area contributed by atoms with Crippen LogP contribution in [0.2, 0.25) is 0 Å². The van der Waals surface area contributed by atoms with Gasteiger partial charge in [0.2, 0.25) is 6.79 Å². The summed E-state index contributed by atoms with van der Waals surface area (Å²) >= 11 is 0.